The number of benzene rings is 1. The van der Waals surface area contributed by atoms with Gasteiger partial charge in [0.2, 0.25) is 5.91 Å². The second-order valence-corrected chi connectivity index (χ2v) is 6.41. The number of nitrogens with one attached hydrogen (secondary N) is 1. The molecule has 1 heterocycles. The summed E-state index contributed by atoms with van der Waals surface area (Å²) in [6.45, 7) is 5.25. The van der Waals surface area contributed by atoms with Gasteiger partial charge in [0.05, 0.1) is 5.56 Å². The molecule has 1 fully saturated rings. The number of amides is 2. The molecule has 126 valence electrons. The molecule has 1 aliphatic heterocycles. The summed E-state index contributed by atoms with van der Waals surface area (Å²) in [6.07, 6.45) is 4.27. The molecular weight excluding hydrogens is 295 g/mol. The molecule has 4 nitrogen and oxygen atoms in total. The Labute approximate surface area is 137 Å². The van der Waals surface area contributed by atoms with Crippen LogP contribution in [0.3, 0.4) is 0 Å². The highest BCUT2D eigenvalue weighted by Gasteiger charge is 2.29. The van der Waals surface area contributed by atoms with Gasteiger partial charge in [-0.1, -0.05) is 38.8 Å². The number of carbonyl (C=O) groups is 2. The van der Waals surface area contributed by atoms with Crippen molar-refractivity contribution in [2.45, 2.75) is 45.6 Å². The number of nitrogens with zero attached hydrogens (tertiary/aromatic N) is 1. The molecule has 1 unspecified atom stereocenters. The topological polar surface area (TPSA) is 49.4 Å². The first-order valence-electron chi connectivity index (χ1n) is 8.35. The summed E-state index contributed by atoms with van der Waals surface area (Å²) >= 11 is 0. The molecule has 0 bridgehead atoms. The van der Waals surface area contributed by atoms with E-state index in [2.05, 4.69) is 5.32 Å². The number of hydrogen-bond acceptors (Lipinski definition) is 2. The summed E-state index contributed by atoms with van der Waals surface area (Å²) in [5.41, 5.74) is -0.0261. The van der Waals surface area contributed by atoms with Gasteiger partial charge >= 0.3 is 0 Å². The zero-order chi connectivity index (χ0) is 16.8. The molecule has 1 N–H and O–H groups in total. The van der Waals surface area contributed by atoms with Crippen LogP contribution in [0.25, 0.3) is 0 Å². The van der Waals surface area contributed by atoms with Crippen LogP contribution in [0, 0.1) is 11.7 Å². The lowest BCUT2D eigenvalue weighted by Crippen LogP contribution is -2.51. The first-order chi connectivity index (χ1) is 11.0. The minimum atomic E-state index is -0.625. The van der Waals surface area contributed by atoms with Gasteiger partial charge in [-0.05, 0) is 30.9 Å². The molecule has 0 saturated carbocycles. The average Bonchev–Trinajstić information content (AvgIpc) is 2.81. The fraction of sp³-hybridized carbons (Fsp3) is 0.556. The van der Waals surface area contributed by atoms with E-state index in [1.165, 1.54) is 18.2 Å². The molecule has 1 aliphatic rings. The van der Waals surface area contributed by atoms with Crippen molar-refractivity contribution in [3.8, 4) is 0 Å². The summed E-state index contributed by atoms with van der Waals surface area (Å²) in [5.74, 6) is -1.23. The molecule has 0 radical (unpaired) electrons. The SMILES string of the molecule is CC(C)C(NC(=O)c1ccccc1F)C(=O)N1CCCCCC1. The maximum absolute atomic E-state index is 13.7. The van der Waals surface area contributed by atoms with Gasteiger partial charge in [0.15, 0.2) is 0 Å². The molecule has 1 aromatic carbocycles. The van der Waals surface area contributed by atoms with Crippen LogP contribution >= 0.6 is 0 Å². The predicted molar refractivity (Wildman–Crippen MR) is 87.5 cm³/mol. The number of hydrogen-bond donors (Lipinski definition) is 1. The van der Waals surface area contributed by atoms with Gasteiger partial charge in [-0.3, -0.25) is 9.59 Å². The van der Waals surface area contributed by atoms with Crippen molar-refractivity contribution in [3.63, 3.8) is 0 Å². The Kier molecular flexibility index (Phi) is 6.13. The summed E-state index contributed by atoms with van der Waals surface area (Å²) in [5, 5.41) is 2.72. The first kappa shape index (κ1) is 17.4. The monoisotopic (exact) mass is 320 g/mol. The molecule has 0 aliphatic carbocycles. The fourth-order valence-corrected chi connectivity index (χ4v) is 2.87. The van der Waals surface area contributed by atoms with Gasteiger partial charge in [0.25, 0.3) is 5.91 Å². The van der Waals surface area contributed by atoms with Gasteiger partial charge in [-0.15, -0.1) is 0 Å². The Bertz CT molecular complexity index is 552. The first-order valence-corrected chi connectivity index (χ1v) is 8.35. The molecule has 1 saturated heterocycles. The van der Waals surface area contributed by atoms with Gasteiger partial charge in [0, 0.05) is 13.1 Å². The number of likely N-dealkylation sites (tertiary alicyclic amines) is 1. The smallest absolute Gasteiger partial charge is 0.254 e. The average molecular weight is 320 g/mol. The lowest BCUT2D eigenvalue weighted by atomic mass is 10.0. The number of carbonyl (C=O) groups excluding carboxylic acids is 2. The van der Waals surface area contributed by atoms with Crippen molar-refractivity contribution in [2.75, 3.05) is 13.1 Å². The Balaban J connectivity index is 2.10. The number of rotatable bonds is 4. The normalized spacial score (nSPS) is 16.8. The summed E-state index contributed by atoms with van der Waals surface area (Å²) in [4.78, 5) is 26.9. The molecular formula is C18H25FN2O2. The van der Waals surface area contributed by atoms with E-state index in [0.29, 0.717) is 0 Å². The molecule has 0 spiro atoms. The minimum Gasteiger partial charge on any atom is -0.341 e. The van der Waals surface area contributed by atoms with E-state index in [4.69, 9.17) is 0 Å². The van der Waals surface area contributed by atoms with Gasteiger partial charge in [0.1, 0.15) is 11.9 Å². The molecule has 5 heteroatoms. The Morgan fingerprint density at radius 1 is 1.09 bits per heavy atom. The Hall–Kier alpha value is -1.91. The second-order valence-electron chi connectivity index (χ2n) is 6.41. The lowest BCUT2D eigenvalue weighted by molar-refractivity contribution is -0.134. The third-order valence-electron chi connectivity index (χ3n) is 4.26. The zero-order valence-corrected chi connectivity index (χ0v) is 13.8. The van der Waals surface area contributed by atoms with E-state index in [-0.39, 0.29) is 17.4 Å². The lowest BCUT2D eigenvalue weighted by Gasteiger charge is -2.29. The van der Waals surface area contributed by atoms with Crippen molar-refractivity contribution < 1.29 is 14.0 Å². The van der Waals surface area contributed by atoms with E-state index in [1.807, 2.05) is 18.7 Å². The van der Waals surface area contributed by atoms with Crippen LogP contribution in [0.15, 0.2) is 24.3 Å². The van der Waals surface area contributed by atoms with Crippen molar-refractivity contribution in [1.29, 1.82) is 0 Å². The van der Waals surface area contributed by atoms with Crippen molar-refractivity contribution >= 4 is 11.8 Å². The Morgan fingerprint density at radius 3 is 2.26 bits per heavy atom. The van der Waals surface area contributed by atoms with Gasteiger partial charge < -0.3 is 10.2 Å². The van der Waals surface area contributed by atoms with Crippen LogP contribution in [0.1, 0.15) is 49.9 Å². The molecule has 1 atom stereocenters. The molecule has 2 rings (SSSR count). The fourth-order valence-electron chi connectivity index (χ4n) is 2.87. The number of halogens is 1. The van der Waals surface area contributed by atoms with Crippen molar-refractivity contribution in [1.82, 2.24) is 10.2 Å². The van der Waals surface area contributed by atoms with Gasteiger partial charge in [-0.2, -0.15) is 0 Å². The molecule has 1 aromatic rings. The Morgan fingerprint density at radius 2 is 1.70 bits per heavy atom. The highest BCUT2D eigenvalue weighted by Crippen LogP contribution is 2.15. The van der Waals surface area contributed by atoms with Crippen LogP contribution in [-0.2, 0) is 4.79 Å². The quantitative estimate of drug-likeness (QED) is 0.927. The van der Waals surface area contributed by atoms with E-state index >= 15 is 0 Å². The van der Waals surface area contributed by atoms with Crippen LogP contribution in [-0.4, -0.2) is 35.8 Å². The van der Waals surface area contributed by atoms with E-state index < -0.39 is 17.8 Å². The summed E-state index contributed by atoms with van der Waals surface area (Å²) in [6, 6.07) is 5.20. The van der Waals surface area contributed by atoms with E-state index in [0.717, 1.165) is 38.8 Å². The molecule has 2 amide bonds. The third-order valence-corrected chi connectivity index (χ3v) is 4.26. The summed E-state index contributed by atoms with van der Waals surface area (Å²) < 4.78 is 13.7. The minimum absolute atomic E-state index is 0.0261. The summed E-state index contributed by atoms with van der Waals surface area (Å²) in [7, 11) is 0. The molecule has 23 heavy (non-hydrogen) atoms. The van der Waals surface area contributed by atoms with Crippen molar-refractivity contribution in [2.24, 2.45) is 5.92 Å². The predicted octanol–water partition coefficient (Wildman–Crippen LogP) is 2.98. The largest absolute Gasteiger partial charge is 0.341 e. The van der Waals surface area contributed by atoms with Crippen LogP contribution < -0.4 is 5.32 Å². The zero-order valence-electron chi connectivity index (χ0n) is 13.8. The second kappa shape index (κ2) is 8.09. The van der Waals surface area contributed by atoms with E-state index in [9.17, 15) is 14.0 Å². The highest BCUT2D eigenvalue weighted by atomic mass is 19.1. The molecule has 0 aromatic heterocycles. The third kappa shape index (κ3) is 4.53. The van der Waals surface area contributed by atoms with Crippen molar-refractivity contribution in [3.05, 3.63) is 35.6 Å². The van der Waals surface area contributed by atoms with Crippen LogP contribution in [0.4, 0.5) is 4.39 Å². The standard InChI is InChI=1S/C18H25FN2O2/c1-13(2)16(18(23)21-11-7-3-4-8-12-21)20-17(22)14-9-5-6-10-15(14)19/h5-6,9-10,13,16H,3-4,7-8,11-12H2,1-2H3,(H,20,22). The highest BCUT2D eigenvalue weighted by molar-refractivity contribution is 5.97. The van der Waals surface area contributed by atoms with Crippen LogP contribution in [0.2, 0.25) is 0 Å². The van der Waals surface area contributed by atoms with Gasteiger partial charge in [-0.25, -0.2) is 4.39 Å². The maximum Gasteiger partial charge on any atom is 0.254 e. The van der Waals surface area contributed by atoms with Crippen LogP contribution in [0.5, 0.6) is 0 Å². The maximum atomic E-state index is 13.7. The van der Waals surface area contributed by atoms with E-state index in [1.54, 1.807) is 6.07 Å².